The molecule has 2 nitrogen and oxygen atoms in total. The second kappa shape index (κ2) is 8.52. The number of rotatable bonds is 8. The first-order valence-electron chi connectivity index (χ1n) is 7.37. The van der Waals surface area contributed by atoms with Gasteiger partial charge in [-0.1, -0.05) is 38.1 Å². The molecular weight excluding hydrogens is 302 g/mol. The summed E-state index contributed by atoms with van der Waals surface area (Å²) in [5, 5.41) is 3.04. The van der Waals surface area contributed by atoms with Crippen LogP contribution in [-0.4, -0.2) is 11.6 Å². The lowest BCUT2D eigenvalue weighted by atomic mass is 10.1. The van der Waals surface area contributed by atoms with Gasteiger partial charge >= 0.3 is 0 Å². The number of halogens is 1. The van der Waals surface area contributed by atoms with Crippen molar-refractivity contribution in [3.8, 4) is 10.6 Å². The lowest BCUT2D eigenvalue weighted by molar-refractivity contribution is 0.115. The molecule has 0 aliphatic carbocycles. The van der Waals surface area contributed by atoms with Crippen molar-refractivity contribution in [3.05, 3.63) is 40.9 Å². The van der Waals surface area contributed by atoms with E-state index in [1.165, 1.54) is 12.0 Å². The number of hydrogen-bond donors (Lipinski definition) is 0. The SMILES string of the molecule is CC(C)CCCOCc1ccccc1-c1nc(CCl)cs1. The molecule has 21 heavy (non-hydrogen) atoms. The maximum atomic E-state index is 5.83. The molecule has 0 aliphatic heterocycles. The Kier molecular flexibility index (Phi) is 6.68. The van der Waals surface area contributed by atoms with E-state index in [0.29, 0.717) is 12.5 Å². The molecule has 0 amide bonds. The van der Waals surface area contributed by atoms with Gasteiger partial charge in [0.2, 0.25) is 0 Å². The Hall–Kier alpha value is -0.900. The van der Waals surface area contributed by atoms with Crippen molar-refractivity contribution >= 4 is 22.9 Å². The minimum Gasteiger partial charge on any atom is -0.377 e. The summed E-state index contributed by atoms with van der Waals surface area (Å²) < 4.78 is 5.82. The summed E-state index contributed by atoms with van der Waals surface area (Å²) >= 11 is 7.47. The van der Waals surface area contributed by atoms with E-state index < -0.39 is 0 Å². The molecule has 0 unspecified atom stereocenters. The fraction of sp³-hybridized carbons (Fsp3) is 0.471. The molecule has 0 fully saturated rings. The van der Waals surface area contributed by atoms with E-state index in [9.17, 15) is 0 Å². The number of ether oxygens (including phenoxy) is 1. The third-order valence-electron chi connectivity index (χ3n) is 3.26. The van der Waals surface area contributed by atoms with Crippen molar-refractivity contribution < 1.29 is 4.74 Å². The number of hydrogen-bond acceptors (Lipinski definition) is 3. The van der Waals surface area contributed by atoms with Crippen molar-refractivity contribution in [1.82, 2.24) is 4.98 Å². The molecule has 0 N–H and O–H groups in total. The number of thiazole rings is 1. The molecule has 0 radical (unpaired) electrons. The maximum absolute atomic E-state index is 5.83. The van der Waals surface area contributed by atoms with Crippen molar-refractivity contribution in [2.24, 2.45) is 5.92 Å². The van der Waals surface area contributed by atoms with Gasteiger partial charge in [0.05, 0.1) is 18.2 Å². The predicted octanol–water partition coefficient (Wildman–Crippen LogP) is 5.50. The van der Waals surface area contributed by atoms with Gasteiger partial charge in [-0.2, -0.15) is 0 Å². The third kappa shape index (κ3) is 5.10. The smallest absolute Gasteiger partial charge is 0.124 e. The summed E-state index contributed by atoms with van der Waals surface area (Å²) in [6, 6.07) is 8.30. The van der Waals surface area contributed by atoms with E-state index in [1.807, 2.05) is 17.5 Å². The van der Waals surface area contributed by atoms with E-state index in [2.05, 4.69) is 31.0 Å². The van der Waals surface area contributed by atoms with Gasteiger partial charge < -0.3 is 4.74 Å². The van der Waals surface area contributed by atoms with Gasteiger partial charge in [0.25, 0.3) is 0 Å². The van der Waals surface area contributed by atoms with Crippen LogP contribution in [0.3, 0.4) is 0 Å². The topological polar surface area (TPSA) is 22.1 Å². The molecule has 0 bridgehead atoms. The molecule has 0 saturated heterocycles. The summed E-state index contributed by atoms with van der Waals surface area (Å²) in [6.45, 7) is 5.94. The molecule has 2 rings (SSSR count). The average molecular weight is 324 g/mol. The van der Waals surface area contributed by atoms with E-state index >= 15 is 0 Å². The van der Waals surface area contributed by atoms with Crippen molar-refractivity contribution in [2.75, 3.05) is 6.61 Å². The van der Waals surface area contributed by atoms with Gasteiger partial charge in [-0.15, -0.1) is 22.9 Å². The van der Waals surface area contributed by atoms with Gasteiger partial charge in [0.15, 0.2) is 0 Å². The molecule has 0 saturated carbocycles. The molecule has 0 aliphatic rings. The van der Waals surface area contributed by atoms with E-state index in [1.54, 1.807) is 11.3 Å². The molecule has 1 aromatic heterocycles. The van der Waals surface area contributed by atoms with Gasteiger partial charge in [0, 0.05) is 17.6 Å². The van der Waals surface area contributed by atoms with Crippen molar-refractivity contribution in [1.29, 1.82) is 0 Å². The monoisotopic (exact) mass is 323 g/mol. The lowest BCUT2D eigenvalue weighted by Gasteiger charge is -2.09. The summed E-state index contributed by atoms with van der Waals surface area (Å²) in [6.07, 6.45) is 2.33. The minimum absolute atomic E-state index is 0.463. The van der Waals surface area contributed by atoms with Crippen molar-refractivity contribution in [2.45, 2.75) is 39.2 Å². The average Bonchev–Trinajstić information content (AvgIpc) is 2.96. The number of alkyl halides is 1. The predicted molar refractivity (Wildman–Crippen MR) is 90.8 cm³/mol. The molecular formula is C17H22ClNOS. The van der Waals surface area contributed by atoms with E-state index in [-0.39, 0.29) is 0 Å². The maximum Gasteiger partial charge on any atom is 0.124 e. The van der Waals surface area contributed by atoms with Crippen LogP contribution in [0.1, 0.15) is 37.9 Å². The molecule has 0 spiro atoms. The van der Waals surface area contributed by atoms with Gasteiger partial charge in [-0.25, -0.2) is 4.98 Å². The molecule has 1 aromatic carbocycles. The first-order valence-corrected chi connectivity index (χ1v) is 8.78. The molecule has 1 heterocycles. The first-order chi connectivity index (χ1) is 10.2. The second-order valence-electron chi connectivity index (χ2n) is 5.52. The molecule has 4 heteroatoms. The third-order valence-corrected chi connectivity index (χ3v) is 4.46. The number of benzene rings is 1. The zero-order valence-electron chi connectivity index (χ0n) is 12.6. The highest BCUT2D eigenvalue weighted by Crippen LogP contribution is 2.28. The van der Waals surface area contributed by atoms with E-state index in [4.69, 9.17) is 16.3 Å². The fourth-order valence-electron chi connectivity index (χ4n) is 2.12. The summed E-state index contributed by atoms with van der Waals surface area (Å²) in [5.74, 6) is 1.20. The van der Waals surface area contributed by atoms with Gasteiger partial charge in [0.1, 0.15) is 5.01 Å². The summed E-state index contributed by atoms with van der Waals surface area (Å²) in [5.41, 5.74) is 3.28. The second-order valence-corrected chi connectivity index (χ2v) is 6.65. The first kappa shape index (κ1) is 16.5. The Balaban J connectivity index is 1.97. The highest BCUT2D eigenvalue weighted by molar-refractivity contribution is 7.13. The fourth-order valence-corrected chi connectivity index (χ4v) is 3.23. The Morgan fingerprint density at radius 1 is 1.29 bits per heavy atom. The zero-order valence-corrected chi connectivity index (χ0v) is 14.2. The molecule has 114 valence electrons. The van der Waals surface area contributed by atoms with Crippen LogP contribution in [0.5, 0.6) is 0 Å². The van der Waals surface area contributed by atoms with Crippen LogP contribution in [0.25, 0.3) is 10.6 Å². The van der Waals surface area contributed by atoms with Gasteiger partial charge in [-0.3, -0.25) is 0 Å². The summed E-state index contributed by atoms with van der Waals surface area (Å²) in [4.78, 5) is 4.56. The highest BCUT2D eigenvalue weighted by atomic mass is 35.5. The molecule has 2 aromatic rings. The normalized spacial score (nSPS) is 11.2. The van der Waals surface area contributed by atoms with Crippen molar-refractivity contribution in [3.63, 3.8) is 0 Å². The number of aromatic nitrogens is 1. The standard InChI is InChI=1S/C17H22ClNOS/c1-13(2)6-5-9-20-11-14-7-3-4-8-16(14)17-19-15(10-18)12-21-17/h3-4,7-8,12-13H,5-6,9-11H2,1-2H3. The van der Waals surface area contributed by atoms with E-state index in [0.717, 1.165) is 35.2 Å². The van der Waals surface area contributed by atoms with Crippen LogP contribution < -0.4 is 0 Å². The quantitative estimate of drug-likeness (QED) is 0.472. The Bertz CT molecular complexity index is 553. The lowest BCUT2D eigenvalue weighted by Crippen LogP contribution is -1.99. The number of nitrogens with zero attached hydrogens (tertiary/aromatic N) is 1. The molecule has 0 atom stereocenters. The Labute approximate surface area is 136 Å². The highest BCUT2D eigenvalue weighted by Gasteiger charge is 2.09. The Morgan fingerprint density at radius 2 is 2.10 bits per heavy atom. The largest absolute Gasteiger partial charge is 0.377 e. The van der Waals surface area contributed by atoms with Gasteiger partial charge in [-0.05, 0) is 24.3 Å². The van der Waals surface area contributed by atoms with Crippen LogP contribution in [-0.2, 0) is 17.2 Å². The van der Waals surface area contributed by atoms with Crippen LogP contribution in [0.15, 0.2) is 29.6 Å². The summed E-state index contributed by atoms with van der Waals surface area (Å²) in [7, 11) is 0. The minimum atomic E-state index is 0.463. The van der Waals surface area contributed by atoms with Crippen LogP contribution in [0.4, 0.5) is 0 Å². The van der Waals surface area contributed by atoms with Crippen LogP contribution >= 0.6 is 22.9 Å². The zero-order chi connectivity index (χ0) is 15.1. The van der Waals surface area contributed by atoms with Crippen LogP contribution in [0, 0.1) is 5.92 Å². The Morgan fingerprint density at radius 3 is 2.81 bits per heavy atom. The van der Waals surface area contributed by atoms with Crippen LogP contribution in [0.2, 0.25) is 0 Å².